The Morgan fingerprint density at radius 2 is 2.25 bits per heavy atom. The maximum Gasteiger partial charge on any atom is 0.151 e. The number of benzene rings is 1. The molecule has 1 aromatic carbocycles. The third-order valence-corrected chi connectivity index (χ3v) is 5.05. The Kier molecular flexibility index (Phi) is 4.21. The molecule has 86 valence electrons. The van der Waals surface area contributed by atoms with E-state index in [0.717, 1.165) is 24.9 Å². The standard InChI is InChI=1S/C12H16N2S2/c1-2-9(7-8-13)15-12-14-10-5-3-4-6-11(10)16-12/h3-6,9H,2,7-8,13H2,1H3. The number of thiazole rings is 1. The molecule has 0 aliphatic carbocycles. The molecule has 0 fully saturated rings. The van der Waals surface area contributed by atoms with Crippen molar-refractivity contribution in [3.63, 3.8) is 0 Å². The Labute approximate surface area is 104 Å². The summed E-state index contributed by atoms with van der Waals surface area (Å²) in [5.74, 6) is 0. The number of rotatable bonds is 5. The molecule has 4 heteroatoms. The average molecular weight is 252 g/mol. The third kappa shape index (κ3) is 2.75. The third-order valence-electron chi connectivity index (χ3n) is 2.49. The summed E-state index contributed by atoms with van der Waals surface area (Å²) in [6.07, 6.45) is 2.22. The summed E-state index contributed by atoms with van der Waals surface area (Å²) in [6, 6.07) is 8.29. The molecule has 1 unspecified atom stereocenters. The lowest BCUT2D eigenvalue weighted by molar-refractivity contribution is 0.745. The summed E-state index contributed by atoms with van der Waals surface area (Å²) in [5.41, 5.74) is 6.71. The van der Waals surface area contributed by atoms with Crippen LogP contribution in [0.2, 0.25) is 0 Å². The molecule has 2 rings (SSSR count). The highest BCUT2D eigenvalue weighted by molar-refractivity contribution is 8.01. The Hall–Kier alpha value is -0.580. The van der Waals surface area contributed by atoms with E-state index in [1.165, 1.54) is 9.04 Å². The number of hydrogen-bond acceptors (Lipinski definition) is 4. The number of para-hydroxylation sites is 1. The zero-order chi connectivity index (χ0) is 11.4. The molecule has 0 aliphatic heterocycles. The quantitative estimate of drug-likeness (QED) is 0.828. The van der Waals surface area contributed by atoms with Gasteiger partial charge in [-0.3, -0.25) is 0 Å². The van der Waals surface area contributed by atoms with Gasteiger partial charge in [0.25, 0.3) is 0 Å². The molecule has 1 heterocycles. The van der Waals surface area contributed by atoms with E-state index in [9.17, 15) is 0 Å². The Bertz CT molecular complexity index is 420. The van der Waals surface area contributed by atoms with Crippen molar-refractivity contribution in [1.29, 1.82) is 0 Å². The zero-order valence-electron chi connectivity index (χ0n) is 9.35. The smallest absolute Gasteiger partial charge is 0.151 e. The Morgan fingerprint density at radius 3 is 2.94 bits per heavy atom. The van der Waals surface area contributed by atoms with Crippen molar-refractivity contribution in [1.82, 2.24) is 4.98 Å². The highest BCUT2D eigenvalue weighted by Gasteiger charge is 2.10. The van der Waals surface area contributed by atoms with Crippen LogP contribution in [0.4, 0.5) is 0 Å². The fourth-order valence-electron chi connectivity index (χ4n) is 1.58. The van der Waals surface area contributed by atoms with Crippen molar-refractivity contribution in [3.05, 3.63) is 24.3 Å². The van der Waals surface area contributed by atoms with E-state index in [4.69, 9.17) is 5.73 Å². The zero-order valence-corrected chi connectivity index (χ0v) is 11.0. The van der Waals surface area contributed by atoms with E-state index in [-0.39, 0.29) is 0 Å². The van der Waals surface area contributed by atoms with Crippen molar-refractivity contribution < 1.29 is 0 Å². The molecule has 0 radical (unpaired) electrons. The lowest BCUT2D eigenvalue weighted by atomic mass is 10.2. The summed E-state index contributed by atoms with van der Waals surface area (Å²) in [6.45, 7) is 2.97. The van der Waals surface area contributed by atoms with Crippen LogP contribution in [0, 0.1) is 0 Å². The van der Waals surface area contributed by atoms with Crippen LogP contribution >= 0.6 is 23.1 Å². The fraction of sp³-hybridized carbons (Fsp3) is 0.417. The summed E-state index contributed by atoms with van der Waals surface area (Å²) in [4.78, 5) is 4.62. The molecule has 0 saturated heterocycles. The van der Waals surface area contributed by atoms with E-state index in [0.29, 0.717) is 5.25 Å². The van der Waals surface area contributed by atoms with E-state index in [2.05, 4.69) is 30.1 Å². The van der Waals surface area contributed by atoms with Gasteiger partial charge in [0.15, 0.2) is 4.34 Å². The van der Waals surface area contributed by atoms with Gasteiger partial charge in [-0.05, 0) is 31.5 Å². The summed E-state index contributed by atoms with van der Waals surface area (Å²) in [5, 5.41) is 0.602. The maximum absolute atomic E-state index is 5.60. The fourth-order valence-corrected chi connectivity index (χ4v) is 4.00. The average Bonchev–Trinajstić information content (AvgIpc) is 2.70. The second-order valence-electron chi connectivity index (χ2n) is 3.67. The Morgan fingerprint density at radius 1 is 1.44 bits per heavy atom. The van der Waals surface area contributed by atoms with Gasteiger partial charge >= 0.3 is 0 Å². The van der Waals surface area contributed by atoms with Crippen LogP contribution in [0.25, 0.3) is 10.2 Å². The molecule has 0 aliphatic rings. The van der Waals surface area contributed by atoms with Gasteiger partial charge in [0.2, 0.25) is 0 Å². The second-order valence-corrected chi connectivity index (χ2v) is 6.25. The predicted octanol–water partition coefficient (Wildman–Crippen LogP) is 3.52. The SMILES string of the molecule is CCC(CCN)Sc1nc2ccccc2s1. The van der Waals surface area contributed by atoms with Crippen molar-refractivity contribution in [2.45, 2.75) is 29.4 Å². The largest absolute Gasteiger partial charge is 0.330 e. The number of aromatic nitrogens is 1. The number of nitrogens with zero attached hydrogens (tertiary/aromatic N) is 1. The number of thioether (sulfide) groups is 1. The molecular formula is C12H16N2S2. The van der Waals surface area contributed by atoms with Crippen LogP contribution in [-0.4, -0.2) is 16.8 Å². The number of hydrogen-bond donors (Lipinski definition) is 1. The first-order chi connectivity index (χ1) is 7.83. The molecule has 1 atom stereocenters. The van der Waals surface area contributed by atoms with Crippen LogP contribution in [0.15, 0.2) is 28.6 Å². The van der Waals surface area contributed by atoms with Gasteiger partial charge in [0.05, 0.1) is 10.2 Å². The molecular weight excluding hydrogens is 236 g/mol. The van der Waals surface area contributed by atoms with Gasteiger partial charge in [-0.2, -0.15) is 0 Å². The summed E-state index contributed by atoms with van der Waals surface area (Å²) < 4.78 is 2.44. The van der Waals surface area contributed by atoms with Crippen molar-refractivity contribution >= 4 is 33.3 Å². The highest BCUT2D eigenvalue weighted by Crippen LogP contribution is 2.33. The van der Waals surface area contributed by atoms with E-state index >= 15 is 0 Å². The molecule has 16 heavy (non-hydrogen) atoms. The monoisotopic (exact) mass is 252 g/mol. The van der Waals surface area contributed by atoms with Gasteiger partial charge in [-0.15, -0.1) is 11.3 Å². The minimum absolute atomic E-state index is 0.602. The maximum atomic E-state index is 5.60. The first-order valence-electron chi connectivity index (χ1n) is 5.55. The Balaban J connectivity index is 2.14. The molecule has 0 amide bonds. The van der Waals surface area contributed by atoms with Crippen molar-refractivity contribution in [2.75, 3.05) is 6.54 Å². The van der Waals surface area contributed by atoms with Gasteiger partial charge in [0, 0.05) is 5.25 Å². The molecule has 1 aromatic heterocycles. The predicted molar refractivity (Wildman–Crippen MR) is 73.2 cm³/mol. The van der Waals surface area contributed by atoms with Crippen LogP contribution in [0.5, 0.6) is 0 Å². The van der Waals surface area contributed by atoms with Gasteiger partial charge in [-0.25, -0.2) is 4.98 Å². The van der Waals surface area contributed by atoms with Crippen LogP contribution < -0.4 is 5.73 Å². The van der Waals surface area contributed by atoms with Crippen LogP contribution in [-0.2, 0) is 0 Å². The molecule has 0 spiro atoms. The molecule has 2 nitrogen and oxygen atoms in total. The topological polar surface area (TPSA) is 38.9 Å². The van der Waals surface area contributed by atoms with Crippen LogP contribution in [0.1, 0.15) is 19.8 Å². The number of nitrogens with two attached hydrogens (primary N) is 1. The molecule has 0 bridgehead atoms. The second kappa shape index (κ2) is 5.66. The normalized spacial score (nSPS) is 13.1. The minimum Gasteiger partial charge on any atom is -0.330 e. The lowest BCUT2D eigenvalue weighted by Gasteiger charge is -2.10. The summed E-state index contributed by atoms with van der Waals surface area (Å²) >= 11 is 3.64. The van der Waals surface area contributed by atoms with Crippen molar-refractivity contribution in [2.24, 2.45) is 5.73 Å². The molecule has 0 saturated carbocycles. The number of fused-ring (bicyclic) bond motifs is 1. The molecule has 2 N–H and O–H groups in total. The van der Waals surface area contributed by atoms with E-state index < -0.39 is 0 Å². The highest BCUT2D eigenvalue weighted by atomic mass is 32.2. The molecule has 2 aromatic rings. The van der Waals surface area contributed by atoms with E-state index in [1.807, 2.05) is 17.8 Å². The van der Waals surface area contributed by atoms with Gasteiger partial charge < -0.3 is 5.73 Å². The lowest BCUT2D eigenvalue weighted by Crippen LogP contribution is -2.09. The van der Waals surface area contributed by atoms with Crippen LogP contribution in [0.3, 0.4) is 0 Å². The summed E-state index contributed by atoms with van der Waals surface area (Å²) in [7, 11) is 0. The van der Waals surface area contributed by atoms with Gasteiger partial charge in [0.1, 0.15) is 0 Å². The minimum atomic E-state index is 0.602. The van der Waals surface area contributed by atoms with E-state index in [1.54, 1.807) is 11.3 Å². The first kappa shape index (κ1) is 11.9. The van der Waals surface area contributed by atoms with Gasteiger partial charge in [-0.1, -0.05) is 30.8 Å². The first-order valence-corrected chi connectivity index (χ1v) is 7.25. The van der Waals surface area contributed by atoms with Crippen molar-refractivity contribution in [3.8, 4) is 0 Å².